The van der Waals surface area contributed by atoms with Crippen molar-refractivity contribution in [3.8, 4) is 11.3 Å². The van der Waals surface area contributed by atoms with E-state index in [2.05, 4.69) is 28.4 Å². The first kappa shape index (κ1) is 17.9. The summed E-state index contributed by atoms with van der Waals surface area (Å²) in [5.41, 5.74) is 3.33. The molecule has 0 saturated carbocycles. The molecule has 1 N–H and O–H groups in total. The van der Waals surface area contributed by atoms with Crippen LogP contribution in [-0.2, 0) is 4.79 Å². The van der Waals surface area contributed by atoms with Gasteiger partial charge in [0.1, 0.15) is 5.69 Å². The van der Waals surface area contributed by atoms with Crippen molar-refractivity contribution in [2.75, 3.05) is 24.5 Å². The van der Waals surface area contributed by atoms with Gasteiger partial charge in [-0.05, 0) is 43.2 Å². The lowest BCUT2D eigenvalue weighted by Gasteiger charge is -2.45. The number of hydrogen-bond acceptors (Lipinski definition) is 4. The summed E-state index contributed by atoms with van der Waals surface area (Å²) in [6.07, 6.45) is 5.71. The Hall–Kier alpha value is -2.89. The summed E-state index contributed by atoms with van der Waals surface area (Å²) in [7, 11) is 0. The Labute approximate surface area is 153 Å². The average Bonchev–Trinajstić information content (AvgIpc) is 2.60. The van der Waals surface area contributed by atoms with E-state index in [1.54, 1.807) is 17.3 Å². The van der Waals surface area contributed by atoms with Crippen molar-refractivity contribution in [3.63, 3.8) is 0 Å². The summed E-state index contributed by atoms with van der Waals surface area (Å²) >= 11 is 0. The van der Waals surface area contributed by atoms with Crippen molar-refractivity contribution in [1.82, 2.24) is 14.9 Å². The van der Waals surface area contributed by atoms with Gasteiger partial charge in [-0.2, -0.15) is 0 Å². The van der Waals surface area contributed by atoms with Gasteiger partial charge in [-0.1, -0.05) is 13.5 Å². The van der Waals surface area contributed by atoms with Crippen molar-refractivity contribution in [1.29, 1.82) is 0 Å². The standard InChI is InChI=1S/C20H24N4O2/c1-4-8-24(16-12-23(13-16)19(25)5-2)18-10-15(11-22-20(18)26)17-9-14(3)6-7-21-17/h5-7,9-11,16H,2,4,8,12-13H2,1,3H3,(H,22,26). The van der Waals surface area contributed by atoms with Crippen LogP contribution in [0, 0.1) is 6.92 Å². The van der Waals surface area contributed by atoms with E-state index >= 15 is 0 Å². The zero-order chi connectivity index (χ0) is 18.7. The SMILES string of the molecule is C=CC(=O)N1CC(N(CCC)c2cc(-c3cc(C)ccn3)c[nH]c2=O)C1. The van der Waals surface area contributed by atoms with Crippen LogP contribution in [0.2, 0.25) is 0 Å². The third-order valence-electron chi connectivity index (χ3n) is 4.66. The third kappa shape index (κ3) is 3.54. The first-order chi connectivity index (χ1) is 12.5. The first-order valence-electron chi connectivity index (χ1n) is 8.87. The molecule has 2 aromatic heterocycles. The number of anilines is 1. The normalized spacial score (nSPS) is 14.0. The van der Waals surface area contributed by atoms with Crippen LogP contribution in [0.4, 0.5) is 5.69 Å². The molecule has 1 fully saturated rings. The molecular weight excluding hydrogens is 328 g/mol. The molecule has 1 amide bonds. The number of aromatic nitrogens is 2. The molecule has 0 atom stereocenters. The van der Waals surface area contributed by atoms with E-state index in [1.165, 1.54) is 6.08 Å². The second-order valence-electron chi connectivity index (χ2n) is 6.62. The number of aryl methyl sites for hydroxylation is 1. The molecule has 0 aromatic carbocycles. The van der Waals surface area contributed by atoms with Gasteiger partial charge in [-0.15, -0.1) is 0 Å². The fraction of sp³-hybridized carbons (Fsp3) is 0.350. The maximum atomic E-state index is 12.5. The molecular formula is C20H24N4O2. The number of likely N-dealkylation sites (tertiary alicyclic amines) is 1. The van der Waals surface area contributed by atoms with Gasteiger partial charge < -0.3 is 14.8 Å². The molecule has 0 aliphatic carbocycles. The van der Waals surface area contributed by atoms with E-state index in [4.69, 9.17) is 0 Å². The zero-order valence-electron chi connectivity index (χ0n) is 15.2. The van der Waals surface area contributed by atoms with Crippen LogP contribution in [0.1, 0.15) is 18.9 Å². The van der Waals surface area contributed by atoms with E-state index < -0.39 is 0 Å². The largest absolute Gasteiger partial charge is 0.361 e. The Morgan fingerprint density at radius 2 is 2.23 bits per heavy atom. The highest BCUT2D eigenvalue weighted by molar-refractivity contribution is 5.87. The predicted molar refractivity (Wildman–Crippen MR) is 103 cm³/mol. The summed E-state index contributed by atoms with van der Waals surface area (Å²) in [5.74, 6) is -0.0654. The number of nitrogens with zero attached hydrogens (tertiary/aromatic N) is 3. The van der Waals surface area contributed by atoms with Gasteiger partial charge in [0, 0.05) is 37.6 Å². The monoisotopic (exact) mass is 352 g/mol. The topological polar surface area (TPSA) is 69.3 Å². The Balaban J connectivity index is 1.90. The smallest absolute Gasteiger partial charge is 0.271 e. The summed E-state index contributed by atoms with van der Waals surface area (Å²) in [4.78, 5) is 35.3. The fourth-order valence-electron chi connectivity index (χ4n) is 3.23. The van der Waals surface area contributed by atoms with Gasteiger partial charge in [0.05, 0.1) is 11.7 Å². The summed E-state index contributed by atoms with van der Waals surface area (Å²) in [6, 6.07) is 5.98. The molecule has 0 spiro atoms. The lowest BCUT2D eigenvalue weighted by molar-refractivity contribution is -0.130. The van der Waals surface area contributed by atoms with Gasteiger partial charge in [-0.25, -0.2) is 0 Å². The van der Waals surface area contributed by atoms with E-state index in [0.29, 0.717) is 18.8 Å². The highest BCUT2D eigenvalue weighted by Crippen LogP contribution is 2.25. The predicted octanol–water partition coefficient (Wildman–Crippen LogP) is 2.36. The van der Waals surface area contributed by atoms with Crippen molar-refractivity contribution in [3.05, 3.63) is 59.2 Å². The number of hydrogen-bond donors (Lipinski definition) is 1. The molecule has 0 radical (unpaired) electrons. The minimum absolute atomic E-state index is 0.0654. The number of rotatable bonds is 6. The van der Waals surface area contributed by atoms with Crippen molar-refractivity contribution in [2.45, 2.75) is 26.3 Å². The van der Waals surface area contributed by atoms with Crippen LogP contribution >= 0.6 is 0 Å². The number of H-pyrrole nitrogens is 1. The molecule has 1 aliphatic rings. The Morgan fingerprint density at radius 1 is 1.46 bits per heavy atom. The van der Waals surface area contributed by atoms with Crippen molar-refractivity contribution >= 4 is 11.6 Å². The van der Waals surface area contributed by atoms with E-state index in [9.17, 15) is 9.59 Å². The summed E-state index contributed by atoms with van der Waals surface area (Å²) in [5, 5.41) is 0. The molecule has 6 heteroatoms. The minimum Gasteiger partial charge on any atom is -0.361 e. The number of amides is 1. The minimum atomic E-state index is -0.122. The maximum Gasteiger partial charge on any atom is 0.271 e. The number of aromatic amines is 1. The van der Waals surface area contributed by atoms with E-state index in [-0.39, 0.29) is 17.5 Å². The zero-order valence-corrected chi connectivity index (χ0v) is 15.2. The van der Waals surface area contributed by atoms with E-state index in [1.807, 2.05) is 25.1 Å². The van der Waals surface area contributed by atoms with Gasteiger partial charge in [-0.3, -0.25) is 14.6 Å². The summed E-state index contributed by atoms with van der Waals surface area (Å²) < 4.78 is 0. The molecule has 1 aliphatic heterocycles. The second kappa shape index (κ2) is 7.56. The summed E-state index contributed by atoms with van der Waals surface area (Å²) in [6.45, 7) is 9.60. The van der Waals surface area contributed by atoms with Crippen LogP contribution in [0.15, 0.2) is 48.0 Å². The number of pyridine rings is 2. The van der Waals surface area contributed by atoms with Crippen LogP contribution in [0.25, 0.3) is 11.3 Å². The molecule has 2 aromatic rings. The van der Waals surface area contributed by atoms with E-state index in [0.717, 1.165) is 29.8 Å². The van der Waals surface area contributed by atoms with Gasteiger partial charge in [0.25, 0.3) is 5.56 Å². The highest BCUT2D eigenvalue weighted by Gasteiger charge is 2.34. The van der Waals surface area contributed by atoms with Gasteiger partial charge in [0.15, 0.2) is 0 Å². The lowest BCUT2D eigenvalue weighted by Crippen LogP contribution is -2.61. The number of carbonyl (C=O) groups excluding carboxylic acids is 1. The third-order valence-corrected chi connectivity index (χ3v) is 4.66. The number of nitrogens with one attached hydrogen (secondary N) is 1. The van der Waals surface area contributed by atoms with Crippen LogP contribution in [0.3, 0.4) is 0 Å². The van der Waals surface area contributed by atoms with Gasteiger partial charge >= 0.3 is 0 Å². The van der Waals surface area contributed by atoms with Crippen LogP contribution in [0.5, 0.6) is 0 Å². The van der Waals surface area contributed by atoms with Crippen LogP contribution < -0.4 is 10.5 Å². The second-order valence-corrected chi connectivity index (χ2v) is 6.62. The van der Waals surface area contributed by atoms with Crippen molar-refractivity contribution in [2.24, 2.45) is 0 Å². The molecule has 136 valence electrons. The fourth-order valence-corrected chi connectivity index (χ4v) is 3.23. The average molecular weight is 352 g/mol. The molecule has 1 saturated heterocycles. The van der Waals surface area contributed by atoms with Crippen molar-refractivity contribution < 1.29 is 4.79 Å². The number of carbonyl (C=O) groups is 1. The molecule has 3 heterocycles. The highest BCUT2D eigenvalue weighted by atomic mass is 16.2. The van der Waals surface area contributed by atoms with Gasteiger partial charge in [0.2, 0.25) is 5.91 Å². The quantitative estimate of drug-likeness (QED) is 0.811. The Bertz CT molecular complexity index is 868. The first-order valence-corrected chi connectivity index (χ1v) is 8.87. The molecule has 0 bridgehead atoms. The van der Waals surface area contributed by atoms with Crippen LogP contribution in [-0.4, -0.2) is 46.5 Å². The Morgan fingerprint density at radius 3 is 2.88 bits per heavy atom. The lowest BCUT2D eigenvalue weighted by atomic mass is 10.0. The molecule has 26 heavy (non-hydrogen) atoms. The molecule has 0 unspecified atom stereocenters. The molecule has 3 rings (SSSR count). The molecule has 6 nitrogen and oxygen atoms in total. The Kier molecular flexibility index (Phi) is 5.21. The maximum absolute atomic E-state index is 12.5.